The molecule has 2 aromatic heterocycles. The van der Waals surface area contributed by atoms with E-state index in [1.54, 1.807) is 16.9 Å². The van der Waals surface area contributed by atoms with Crippen LogP contribution < -0.4 is 0 Å². The lowest BCUT2D eigenvalue weighted by molar-refractivity contribution is -0.0507. The molecule has 0 aromatic carbocycles. The molecule has 0 spiro atoms. The first-order valence-electron chi connectivity index (χ1n) is 9.25. The number of carbonyl (C=O) groups excluding carboxylic acids is 1. The molecule has 2 aliphatic heterocycles. The van der Waals surface area contributed by atoms with E-state index < -0.39 is 0 Å². The summed E-state index contributed by atoms with van der Waals surface area (Å²) >= 11 is 0. The van der Waals surface area contributed by atoms with E-state index in [2.05, 4.69) is 21.0 Å². The summed E-state index contributed by atoms with van der Waals surface area (Å²) in [5.41, 5.74) is 2.75. The van der Waals surface area contributed by atoms with Gasteiger partial charge in [-0.25, -0.2) is 0 Å². The van der Waals surface area contributed by atoms with E-state index in [4.69, 9.17) is 4.74 Å². The molecule has 7 heteroatoms. The fraction of sp³-hybridized carbons (Fsp3) is 0.526. The molecule has 1 amide bonds. The van der Waals surface area contributed by atoms with Crippen molar-refractivity contribution in [2.24, 2.45) is 0 Å². The van der Waals surface area contributed by atoms with Crippen molar-refractivity contribution in [3.8, 4) is 0 Å². The van der Waals surface area contributed by atoms with Crippen LogP contribution in [0.2, 0.25) is 0 Å². The zero-order valence-corrected chi connectivity index (χ0v) is 15.3. The molecule has 2 atom stereocenters. The van der Waals surface area contributed by atoms with E-state index in [9.17, 15) is 4.79 Å². The van der Waals surface area contributed by atoms with Gasteiger partial charge in [0, 0.05) is 44.6 Å². The number of ether oxygens (including phenoxy) is 1. The number of hydrogen-bond acceptors (Lipinski definition) is 5. The third-order valence-electron chi connectivity index (χ3n) is 5.25. The average molecular weight is 355 g/mol. The molecule has 138 valence electrons. The monoisotopic (exact) mass is 355 g/mol. The molecule has 0 saturated carbocycles. The van der Waals surface area contributed by atoms with E-state index in [1.807, 2.05) is 30.9 Å². The highest BCUT2D eigenvalue weighted by Gasteiger charge is 2.42. The minimum absolute atomic E-state index is 0.0379. The van der Waals surface area contributed by atoms with Gasteiger partial charge in [-0.3, -0.25) is 19.4 Å². The summed E-state index contributed by atoms with van der Waals surface area (Å²) in [5.74, 6) is 0.0379. The molecule has 0 aliphatic carbocycles. The molecule has 7 nitrogen and oxygen atoms in total. The van der Waals surface area contributed by atoms with Crippen molar-refractivity contribution in [1.82, 2.24) is 24.6 Å². The largest absolute Gasteiger partial charge is 0.373 e. The standard InChI is InChI=1S/C19H25N5O2/c1-3-24-16(7-8-20-24)19(25)23-12-17-18(13-23)26-10-9-22(17)11-15-6-4-5-14(2)21-15/h4-8,17-18H,3,9-13H2,1-2H3/t17-,18-/m0/s1. The van der Waals surface area contributed by atoms with Crippen LogP contribution in [0.15, 0.2) is 30.5 Å². The number of nitrogens with zero attached hydrogens (tertiary/aromatic N) is 5. The third kappa shape index (κ3) is 3.24. The van der Waals surface area contributed by atoms with Gasteiger partial charge in [0.25, 0.3) is 5.91 Å². The van der Waals surface area contributed by atoms with Crippen LogP contribution in [0.4, 0.5) is 0 Å². The van der Waals surface area contributed by atoms with Crippen LogP contribution in [0, 0.1) is 6.92 Å². The Bertz CT molecular complexity index is 790. The molecule has 0 unspecified atom stereocenters. The number of hydrogen-bond donors (Lipinski definition) is 0. The lowest BCUT2D eigenvalue weighted by atomic mass is 10.1. The van der Waals surface area contributed by atoms with Crippen molar-refractivity contribution in [3.05, 3.63) is 47.5 Å². The van der Waals surface area contributed by atoms with Crippen LogP contribution >= 0.6 is 0 Å². The Kier molecular flexibility index (Phi) is 4.74. The number of rotatable bonds is 4. The van der Waals surface area contributed by atoms with Gasteiger partial charge in [-0.1, -0.05) is 6.07 Å². The third-order valence-corrected chi connectivity index (χ3v) is 5.25. The Balaban J connectivity index is 1.48. The maximum atomic E-state index is 12.9. The van der Waals surface area contributed by atoms with Gasteiger partial charge in [0.1, 0.15) is 5.69 Å². The Labute approximate surface area is 153 Å². The molecule has 2 aromatic rings. The molecule has 4 heterocycles. The van der Waals surface area contributed by atoms with E-state index in [0.29, 0.717) is 31.9 Å². The fourth-order valence-electron chi connectivity index (χ4n) is 3.94. The van der Waals surface area contributed by atoms with Crippen LogP contribution in [0.5, 0.6) is 0 Å². The SMILES string of the molecule is CCn1nccc1C(=O)N1C[C@@H]2OCCN(Cc3cccc(C)n3)[C@H]2C1. The summed E-state index contributed by atoms with van der Waals surface area (Å²) in [6, 6.07) is 8.14. The van der Waals surface area contributed by atoms with Gasteiger partial charge in [-0.05, 0) is 32.0 Å². The van der Waals surface area contributed by atoms with Crippen molar-refractivity contribution >= 4 is 5.91 Å². The van der Waals surface area contributed by atoms with Gasteiger partial charge >= 0.3 is 0 Å². The summed E-state index contributed by atoms with van der Waals surface area (Å²) in [5, 5.41) is 4.22. The van der Waals surface area contributed by atoms with E-state index in [-0.39, 0.29) is 18.1 Å². The summed E-state index contributed by atoms with van der Waals surface area (Å²) in [7, 11) is 0. The molecule has 0 N–H and O–H groups in total. The van der Waals surface area contributed by atoms with Gasteiger partial charge in [-0.2, -0.15) is 5.10 Å². The molecule has 26 heavy (non-hydrogen) atoms. The lowest BCUT2D eigenvalue weighted by Gasteiger charge is -2.36. The van der Waals surface area contributed by atoms with Crippen molar-refractivity contribution in [1.29, 1.82) is 0 Å². The first-order chi connectivity index (χ1) is 12.7. The van der Waals surface area contributed by atoms with E-state index >= 15 is 0 Å². The average Bonchev–Trinajstić information content (AvgIpc) is 3.28. The summed E-state index contributed by atoms with van der Waals surface area (Å²) in [6.07, 6.45) is 1.75. The minimum atomic E-state index is 0.0379. The van der Waals surface area contributed by atoms with Crippen LogP contribution in [0.3, 0.4) is 0 Å². The van der Waals surface area contributed by atoms with Gasteiger partial charge < -0.3 is 9.64 Å². The maximum absolute atomic E-state index is 12.9. The molecular weight excluding hydrogens is 330 g/mol. The number of aromatic nitrogens is 3. The molecular formula is C19H25N5O2. The van der Waals surface area contributed by atoms with Crippen molar-refractivity contribution in [2.45, 2.75) is 39.1 Å². The predicted molar refractivity (Wildman–Crippen MR) is 96.7 cm³/mol. The van der Waals surface area contributed by atoms with Gasteiger partial charge in [0.15, 0.2) is 0 Å². The van der Waals surface area contributed by atoms with E-state index in [0.717, 1.165) is 24.5 Å². The van der Waals surface area contributed by atoms with Crippen molar-refractivity contribution in [3.63, 3.8) is 0 Å². The van der Waals surface area contributed by atoms with Crippen molar-refractivity contribution in [2.75, 3.05) is 26.2 Å². The summed E-state index contributed by atoms with van der Waals surface area (Å²) < 4.78 is 7.72. The number of amides is 1. The highest BCUT2D eigenvalue weighted by Crippen LogP contribution is 2.25. The number of aryl methyl sites for hydroxylation is 2. The quantitative estimate of drug-likeness (QED) is 0.828. The first kappa shape index (κ1) is 17.2. The highest BCUT2D eigenvalue weighted by atomic mass is 16.5. The molecule has 4 rings (SSSR count). The van der Waals surface area contributed by atoms with Crippen LogP contribution in [-0.2, 0) is 17.8 Å². The highest BCUT2D eigenvalue weighted by molar-refractivity contribution is 5.92. The molecule has 0 radical (unpaired) electrons. The number of morpholine rings is 1. The second-order valence-electron chi connectivity index (χ2n) is 6.96. The zero-order valence-electron chi connectivity index (χ0n) is 15.3. The topological polar surface area (TPSA) is 63.5 Å². The number of pyridine rings is 1. The molecule has 2 saturated heterocycles. The summed E-state index contributed by atoms with van der Waals surface area (Å²) in [6.45, 7) is 8.37. The molecule has 0 bridgehead atoms. The Morgan fingerprint density at radius 3 is 3.00 bits per heavy atom. The van der Waals surface area contributed by atoms with Gasteiger partial charge in [0.05, 0.1) is 24.4 Å². The molecule has 2 aliphatic rings. The Morgan fingerprint density at radius 2 is 2.19 bits per heavy atom. The van der Waals surface area contributed by atoms with Crippen LogP contribution in [0.1, 0.15) is 28.8 Å². The normalized spacial score (nSPS) is 23.2. The fourth-order valence-corrected chi connectivity index (χ4v) is 3.94. The van der Waals surface area contributed by atoms with Crippen LogP contribution in [0.25, 0.3) is 0 Å². The zero-order chi connectivity index (χ0) is 18.1. The van der Waals surface area contributed by atoms with Gasteiger partial charge in [-0.15, -0.1) is 0 Å². The number of carbonyl (C=O) groups is 1. The van der Waals surface area contributed by atoms with Crippen molar-refractivity contribution < 1.29 is 9.53 Å². The number of likely N-dealkylation sites (tertiary alicyclic amines) is 1. The first-order valence-corrected chi connectivity index (χ1v) is 9.25. The lowest BCUT2D eigenvalue weighted by Crippen LogP contribution is -2.50. The second kappa shape index (κ2) is 7.17. The van der Waals surface area contributed by atoms with E-state index in [1.165, 1.54) is 0 Å². The predicted octanol–water partition coefficient (Wildman–Crippen LogP) is 1.33. The summed E-state index contributed by atoms with van der Waals surface area (Å²) in [4.78, 5) is 21.9. The second-order valence-corrected chi connectivity index (χ2v) is 6.96. The smallest absolute Gasteiger partial charge is 0.272 e. The minimum Gasteiger partial charge on any atom is -0.373 e. The maximum Gasteiger partial charge on any atom is 0.272 e. The molecule has 2 fully saturated rings. The number of fused-ring (bicyclic) bond motifs is 1. The van der Waals surface area contributed by atoms with Gasteiger partial charge in [0.2, 0.25) is 0 Å². The van der Waals surface area contributed by atoms with Crippen LogP contribution in [-0.4, -0.2) is 68.9 Å². The Hall–Kier alpha value is -2.25. The Morgan fingerprint density at radius 1 is 1.31 bits per heavy atom.